The average molecular weight is 221 g/mol. The summed E-state index contributed by atoms with van der Waals surface area (Å²) < 4.78 is 0. The van der Waals surface area contributed by atoms with Crippen LogP contribution in [0.15, 0.2) is 24.8 Å². The molecule has 1 unspecified atom stereocenters. The lowest BCUT2D eigenvalue weighted by Crippen LogP contribution is -1.98. The van der Waals surface area contributed by atoms with E-state index in [9.17, 15) is 9.90 Å². The minimum Gasteiger partial charge on any atom is -0.398 e. The number of hydrogen-bond acceptors (Lipinski definition) is 3. The lowest BCUT2D eigenvalue weighted by Gasteiger charge is -2.10. The SMILES string of the molecule is C=Cc1c(N)cccc1C(C)O.CC(C)=O. The van der Waals surface area contributed by atoms with Crippen LogP contribution in [-0.4, -0.2) is 10.9 Å². The van der Waals surface area contributed by atoms with Crippen molar-refractivity contribution in [3.05, 3.63) is 35.9 Å². The molecule has 0 fully saturated rings. The van der Waals surface area contributed by atoms with Crippen LogP contribution in [-0.2, 0) is 4.79 Å². The monoisotopic (exact) mass is 221 g/mol. The van der Waals surface area contributed by atoms with Crippen LogP contribution in [0.5, 0.6) is 0 Å². The summed E-state index contributed by atoms with van der Waals surface area (Å²) >= 11 is 0. The zero-order valence-corrected chi connectivity index (χ0v) is 10.0. The second-order valence-corrected chi connectivity index (χ2v) is 3.64. The number of nitrogen functional groups attached to an aromatic ring is 1. The van der Waals surface area contributed by atoms with Crippen LogP contribution >= 0.6 is 0 Å². The summed E-state index contributed by atoms with van der Waals surface area (Å²) in [5.41, 5.74) is 7.99. The predicted octanol–water partition coefficient (Wildman–Crippen LogP) is 2.56. The Bertz CT molecular complexity index is 366. The van der Waals surface area contributed by atoms with E-state index < -0.39 is 6.10 Å². The number of Topliss-reactive ketones (excluding diaryl/α,β-unsaturated/α-hetero) is 1. The van der Waals surface area contributed by atoms with E-state index in [4.69, 9.17) is 5.73 Å². The molecule has 3 N–H and O–H groups in total. The fourth-order valence-electron chi connectivity index (χ4n) is 1.20. The van der Waals surface area contributed by atoms with Gasteiger partial charge in [-0.25, -0.2) is 0 Å². The molecule has 0 aliphatic carbocycles. The van der Waals surface area contributed by atoms with Crippen molar-refractivity contribution in [2.45, 2.75) is 26.9 Å². The van der Waals surface area contributed by atoms with E-state index in [0.29, 0.717) is 5.69 Å². The number of nitrogens with two attached hydrogens (primary N) is 1. The normalized spacial score (nSPS) is 11.0. The summed E-state index contributed by atoms with van der Waals surface area (Å²) in [5, 5.41) is 9.36. The Hall–Kier alpha value is -1.61. The molecule has 3 heteroatoms. The molecule has 1 aromatic rings. The Morgan fingerprint density at radius 2 is 2.00 bits per heavy atom. The zero-order chi connectivity index (χ0) is 12.7. The van der Waals surface area contributed by atoms with E-state index in [1.807, 2.05) is 12.1 Å². The van der Waals surface area contributed by atoms with Crippen molar-refractivity contribution in [1.29, 1.82) is 0 Å². The minimum absolute atomic E-state index is 0.167. The summed E-state index contributed by atoms with van der Waals surface area (Å²) in [7, 11) is 0. The Kier molecular flexibility index (Phi) is 6.11. The summed E-state index contributed by atoms with van der Waals surface area (Å²) in [6.07, 6.45) is 1.17. The molecule has 0 bridgehead atoms. The van der Waals surface area contributed by atoms with Gasteiger partial charge in [-0.3, -0.25) is 0 Å². The number of anilines is 1. The number of aliphatic hydroxyl groups excluding tert-OH is 1. The number of ketones is 1. The first-order valence-electron chi connectivity index (χ1n) is 5.06. The highest BCUT2D eigenvalue weighted by atomic mass is 16.3. The van der Waals surface area contributed by atoms with E-state index in [1.54, 1.807) is 19.1 Å². The molecule has 0 aromatic heterocycles. The molecule has 3 nitrogen and oxygen atoms in total. The van der Waals surface area contributed by atoms with Crippen LogP contribution in [0.1, 0.15) is 38.0 Å². The van der Waals surface area contributed by atoms with Crippen molar-refractivity contribution in [1.82, 2.24) is 0 Å². The van der Waals surface area contributed by atoms with Crippen LogP contribution in [0.25, 0.3) is 6.08 Å². The van der Waals surface area contributed by atoms with Crippen LogP contribution in [0.3, 0.4) is 0 Å². The van der Waals surface area contributed by atoms with Crippen molar-refractivity contribution >= 4 is 17.5 Å². The van der Waals surface area contributed by atoms with Gasteiger partial charge in [0.2, 0.25) is 0 Å². The first-order valence-corrected chi connectivity index (χ1v) is 5.06. The van der Waals surface area contributed by atoms with E-state index in [2.05, 4.69) is 6.58 Å². The van der Waals surface area contributed by atoms with E-state index >= 15 is 0 Å². The average Bonchev–Trinajstić information content (AvgIpc) is 2.16. The molecule has 16 heavy (non-hydrogen) atoms. The molecule has 1 aromatic carbocycles. The van der Waals surface area contributed by atoms with Crippen LogP contribution < -0.4 is 5.73 Å². The van der Waals surface area contributed by atoms with Gasteiger partial charge in [0.05, 0.1) is 6.10 Å². The van der Waals surface area contributed by atoms with Crippen molar-refractivity contribution in [3.63, 3.8) is 0 Å². The summed E-state index contributed by atoms with van der Waals surface area (Å²) in [4.78, 5) is 9.44. The Labute approximate surface area is 96.6 Å². The third kappa shape index (κ3) is 4.75. The van der Waals surface area contributed by atoms with Gasteiger partial charge in [0.25, 0.3) is 0 Å². The molecule has 0 radical (unpaired) electrons. The maximum Gasteiger partial charge on any atom is 0.126 e. The number of aliphatic hydroxyl groups is 1. The van der Waals surface area contributed by atoms with Gasteiger partial charge in [-0.05, 0) is 32.4 Å². The highest BCUT2D eigenvalue weighted by molar-refractivity contribution is 5.72. The first kappa shape index (κ1) is 14.4. The number of carbonyl (C=O) groups is 1. The largest absolute Gasteiger partial charge is 0.398 e. The quantitative estimate of drug-likeness (QED) is 0.754. The van der Waals surface area contributed by atoms with E-state index in [1.165, 1.54) is 13.8 Å². The molecular formula is C13H19NO2. The van der Waals surface area contributed by atoms with Crippen LogP contribution in [0.2, 0.25) is 0 Å². The van der Waals surface area contributed by atoms with E-state index in [0.717, 1.165) is 11.1 Å². The Balaban J connectivity index is 0.000000487. The molecule has 1 atom stereocenters. The van der Waals surface area contributed by atoms with Gasteiger partial charge in [0.1, 0.15) is 5.78 Å². The smallest absolute Gasteiger partial charge is 0.126 e. The maximum absolute atomic E-state index is 9.44. The molecule has 0 saturated carbocycles. The third-order valence-electron chi connectivity index (χ3n) is 1.83. The Morgan fingerprint density at radius 3 is 2.31 bits per heavy atom. The Morgan fingerprint density at radius 1 is 1.50 bits per heavy atom. The second-order valence-electron chi connectivity index (χ2n) is 3.64. The zero-order valence-electron chi connectivity index (χ0n) is 10.0. The molecule has 0 saturated heterocycles. The summed E-state index contributed by atoms with van der Waals surface area (Å²) in [6.45, 7) is 8.41. The number of carbonyl (C=O) groups excluding carboxylic acids is 1. The number of rotatable bonds is 2. The van der Waals surface area contributed by atoms with Crippen molar-refractivity contribution in [3.8, 4) is 0 Å². The highest BCUT2D eigenvalue weighted by Crippen LogP contribution is 2.23. The first-order chi connectivity index (χ1) is 7.40. The second kappa shape index (κ2) is 6.80. The van der Waals surface area contributed by atoms with Gasteiger partial charge in [0.15, 0.2) is 0 Å². The summed E-state index contributed by atoms with van der Waals surface area (Å²) in [6, 6.07) is 5.46. The van der Waals surface area contributed by atoms with Gasteiger partial charge in [0, 0.05) is 11.3 Å². The molecule has 0 aliphatic rings. The van der Waals surface area contributed by atoms with Gasteiger partial charge < -0.3 is 15.6 Å². The molecule has 88 valence electrons. The maximum atomic E-state index is 9.44. The van der Waals surface area contributed by atoms with E-state index in [-0.39, 0.29) is 5.78 Å². The molecule has 1 rings (SSSR count). The summed E-state index contributed by atoms with van der Waals surface area (Å²) in [5.74, 6) is 0.167. The molecule has 0 amide bonds. The molecule has 0 spiro atoms. The van der Waals surface area contributed by atoms with Crippen molar-refractivity contribution in [2.75, 3.05) is 5.73 Å². The standard InChI is InChI=1S/C10H13NO.C3H6O/c1-3-8-9(7(2)12)5-4-6-10(8)11;1-3(2)4/h3-7,12H,1,11H2,2H3;1-2H3. The van der Waals surface area contributed by atoms with Crippen molar-refractivity contribution < 1.29 is 9.90 Å². The highest BCUT2D eigenvalue weighted by Gasteiger charge is 2.06. The fourth-order valence-corrected chi connectivity index (χ4v) is 1.20. The fraction of sp³-hybridized carbons (Fsp3) is 0.308. The molecule has 0 aliphatic heterocycles. The van der Waals surface area contributed by atoms with Gasteiger partial charge >= 0.3 is 0 Å². The molecular weight excluding hydrogens is 202 g/mol. The third-order valence-corrected chi connectivity index (χ3v) is 1.83. The lowest BCUT2D eigenvalue weighted by atomic mass is 10.0. The number of hydrogen-bond donors (Lipinski definition) is 2. The number of benzene rings is 1. The van der Waals surface area contributed by atoms with Gasteiger partial charge in [-0.2, -0.15) is 0 Å². The topological polar surface area (TPSA) is 63.3 Å². The van der Waals surface area contributed by atoms with Gasteiger partial charge in [-0.1, -0.05) is 24.8 Å². The minimum atomic E-state index is -0.499. The van der Waals surface area contributed by atoms with Crippen LogP contribution in [0.4, 0.5) is 5.69 Å². The van der Waals surface area contributed by atoms with Crippen LogP contribution in [0, 0.1) is 0 Å². The lowest BCUT2D eigenvalue weighted by molar-refractivity contribution is -0.114. The predicted molar refractivity (Wildman–Crippen MR) is 67.9 cm³/mol. The van der Waals surface area contributed by atoms with Crippen molar-refractivity contribution in [2.24, 2.45) is 0 Å². The molecule has 0 heterocycles. The van der Waals surface area contributed by atoms with Gasteiger partial charge in [-0.15, -0.1) is 0 Å².